The van der Waals surface area contributed by atoms with Gasteiger partial charge in [0, 0.05) is 42.3 Å². The molecule has 0 atom stereocenters. The van der Waals surface area contributed by atoms with E-state index in [-0.39, 0.29) is 17.4 Å². The zero-order valence-corrected chi connectivity index (χ0v) is 16.4. The second-order valence-corrected chi connectivity index (χ2v) is 7.48. The molecule has 0 spiro atoms. The molecule has 0 aromatic heterocycles. The fraction of sp³-hybridized carbons (Fsp3) is 0.300. The van der Waals surface area contributed by atoms with Gasteiger partial charge in [0.15, 0.2) is 0 Å². The lowest BCUT2D eigenvalue weighted by atomic mass is 9.94. The van der Waals surface area contributed by atoms with Crippen LogP contribution in [0, 0.1) is 17.6 Å². The Kier molecular flexibility index (Phi) is 5.89. The van der Waals surface area contributed by atoms with Crippen molar-refractivity contribution in [2.75, 3.05) is 25.0 Å². The van der Waals surface area contributed by atoms with Crippen LogP contribution in [0.15, 0.2) is 46.9 Å². The molecule has 2 aromatic rings. The van der Waals surface area contributed by atoms with E-state index in [4.69, 9.17) is 0 Å². The van der Waals surface area contributed by atoms with Crippen molar-refractivity contribution in [3.63, 3.8) is 0 Å². The normalized spacial score (nSPS) is 14.9. The average Bonchev–Trinajstić information content (AvgIpc) is 2.67. The van der Waals surface area contributed by atoms with Crippen molar-refractivity contribution in [3.8, 4) is 0 Å². The van der Waals surface area contributed by atoms with Crippen LogP contribution in [0.4, 0.5) is 14.5 Å². The molecule has 0 aliphatic carbocycles. The van der Waals surface area contributed by atoms with Crippen LogP contribution in [-0.4, -0.2) is 36.9 Å². The van der Waals surface area contributed by atoms with E-state index >= 15 is 0 Å². The Morgan fingerprint density at radius 2 is 1.70 bits per heavy atom. The Morgan fingerprint density at radius 1 is 1.07 bits per heavy atom. The first kappa shape index (κ1) is 19.5. The van der Waals surface area contributed by atoms with Gasteiger partial charge in [-0.3, -0.25) is 9.59 Å². The van der Waals surface area contributed by atoms with Crippen molar-refractivity contribution in [2.45, 2.75) is 12.8 Å². The monoisotopic (exact) mass is 436 g/mol. The van der Waals surface area contributed by atoms with Crippen molar-refractivity contribution < 1.29 is 18.4 Å². The molecule has 1 aliphatic heterocycles. The molecule has 4 nitrogen and oxygen atoms in total. The molecule has 3 rings (SSSR count). The van der Waals surface area contributed by atoms with Crippen LogP contribution in [0.3, 0.4) is 0 Å². The fourth-order valence-electron chi connectivity index (χ4n) is 3.23. The number of halogens is 3. The molecule has 1 saturated heterocycles. The van der Waals surface area contributed by atoms with E-state index in [9.17, 15) is 18.4 Å². The van der Waals surface area contributed by atoms with Gasteiger partial charge in [0.05, 0.1) is 5.56 Å². The zero-order valence-electron chi connectivity index (χ0n) is 14.8. The summed E-state index contributed by atoms with van der Waals surface area (Å²) in [6, 6.07) is 10.4. The highest BCUT2D eigenvalue weighted by Gasteiger charge is 2.30. The van der Waals surface area contributed by atoms with E-state index in [1.165, 1.54) is 4.90 Å². The van der Waals surface area contributed by atoms with Gasteiger partial charge in [0.1, 0.15) is 11.6 Å². The number of carbonyl (C=O) groups excluding carboxylic acids is 2. The molecule has 7 heteroatoms. The minimum absolute atomic E-state index is 0.00242. The first-order chi connectivity index (χ1) is 12.9. The standard InChI is InChI=1S/C20H19BrF2N2O2/c1-24(16-5-2-14(21)3-6-16)19(26)13-8-10-25(11-9-13)20(27)17-7-4-15(22)12-18(17)23/h2-7,12-13H,8-11H2,1H3. The summed E-state index contributed by atoms with van der Waals surface area (Å²) in [6.07, 6.45) is 1.02. The van der Waals surface area contributed by atoms with Crippen LogP contribution >= 0.6 is 15.9 Å². The summed E-state index contributed by atoms with van der Waals surface area (Å²) in [7, 11) is 1.73. The summed E-state index contributed by atoms with van der Waals surface area (Å²) in [5, 5.41) is 0. The minimum Gasteiger partial charge on any atom is -0.339 e. The Bertz CT molecular complexity index is 850. The van der Waals surface area contributed by atoms with Crippen molar-refractivity contribution in [3.05, 3.63) is 64.1 Å². The molecule has 142 valence electrons. The molecular formula is C20H19BrF2N2O2. The van der Waals surface area contributed by atoms with E-state index in [0.717, 1.165) is 22.3 Å². The third-order valence-corrected chi connectivity index (χ3v) is 5.37. The van der Waals surface area contributed by atoms with Crippen molar-refractivity contribution in [2.24, 2.45) is 5.92 Å². The molecule has 0 unspecified atom stereocenters. The van der Waals surface area contributed by atoms with Crippen molar-refractivity contribution in [1.29, 1.82) is 0 Å². The van der Waals surface area contributed by atoms with Crippen LogP contribution in [0.25, 0.3) is 0 Å². The molecule has 1 heterocycles. The summed E-state index contributed by atoms with van der Waals surface area (Å²) in [6.45, 7) is 0.723. The predicted octanol–water partition coefficient (Wildman–Crippen LogP) is 4.24. The van der Waals surface area contributed by atoms with Gasteiger partial charge in [0.2, 0.25) is 5.91 Å². The van der Waals surface area contributed by atoms with Crippen LogP contribution < -0.4 is 4.90 Å². The van der Waals surface area contributed by atoms with E-state index in [1.54, 1.807) is 11.9 Å². The van der Waals surface area contributed by atoms with E-state index in [1.807, 2.05) is 24.3 Å². The number of likely N-dealkylation sites (tertiary alicyclic amines) is 1. The number of nitrogens with zero attached hydrogens (tertiary/aromatic N) is 2. The van der Waals surface area contributed by atoms with Crippen molar-refractivity contribution >= 4 is 33.4 Å². The smallest absolute Gasteiger partial charge is 0.256 e. The lowest BCUT2D eigenvalue weighted by molar-refractivity contribution is -0.123. The molecule has 0 N–H and O–H groups in total. The maximum absolute atomic E-state index is 13.8. The maximum atomic E-state index is 13.8. The molecule has 2 aromatic carbocycles. The number of rotatable bonds is 3. The number of anilines is 1. The first-order valence-corrected chi connectivity index (χ1v) is 9.43. The summed E-state index contributed by atoms with van der Waals surface area (Å²) in [4.78, 5) is 28.3. The van der Waals surface area contributed by atoms with Gasteiger partial charge in [-0.25, -0.2) is 8.78 Å². The van der Waals surface area contributed by atoms with Gasteiger partial charge in [-0.05, 0) is 49.2 Å². The Labute approximate surface area is 164 Å². The molecule has 27 heavy (non-hydrogen) atoms. The lowest BCUT2D eigenvalue weighted by Gasteiger charge is -2.33. The number of piperidine rings is 1. The number of benzene rings is 2. The molecule has 0 bridgehead atoms. The average molecular weight is 437 g/mol. The van der Waals surface area contributed by atoms with Crippen LogP contribution in [-0.2, 0) is 4.79 Å². The number of amides is 2. The highest BCUT2D eigenvalue weighted by molar-refractivity contribution is 9.10. The Hall–Kier alpha value is -2.28. The quantitative estimate of drug-likeness (QED) is 0.721. The molecule has 2 amide bonds. The number of hydrogen-bond donors (Lipinski definition) is 0. The molecule has 1 fully saturated rings. The largest absolute Gasteiger partial charge is 0.339 e. The highest BCUT2D eigenvalue weighted by atomic mass is 79.9. The highest BCUT2D eigenvalue weighted by Crippen LogP contribution is 2.25. The van der Waals surface area contributed by atoms with Gasteiger partial charge in [-0.15, -0.1) is 0 Å². The molecule has 1 aliphatic rings. The maximum Gasteiger partial charge on any atom is 0.256 e. The third-order valence-electron chi connectivity index (χ3n) is 4.84. The van der Waals surface area contributed by atoms with Gasteiger partial charge >= 0.3 is 0 Å². The topological polar surface area (TPSA) is 40.6 Å². The minimum atomic E-state index is -0.867. The lowest BCUT2D eigenvalue weighted by Crippen LogP contribution is -2.43. The Balaban J connectivity index is 1.61. The van der Waals surface area contributed by atoms with Crippen LogP contribution in [0.1, 0.15) is 23.2 Å². The van der Waals surface area contributed by atoms with Gasteiger partial charge < -0.3 is 9.80 Å². The second kappa shape index (κ2) is 8.17. The van der Waals surface area contributed by atoms with Crippen molar-refractivity contribution in [1.82, 2.24) is 4.90 Å². The van der Waals surface area contributed by atoms with E-state index in [0.29, 0.717) is 32.0 Å². The number of carbonyl (C=O) groups is 2. The summed E-state index contributed by atoms with van der Waals surface area (Å²) >= 11 is 3.37. The first-order valence-electron chi connectivity index (χ1n) is 8.64. The fourth-order valence-corrected chi connectivity index (χ4v) is 3.49. The van der Waals surface area contributed by atoms with Gasteiger partial charge in [0.25, 0.3) is 5.91 Å². The Morgan fingerprint density at radius 3 is 2.30 bits per heavy atom. The summed E-state index contributed by atoms with van der Waals surface area (Å²) < 4.78 is 27.8. The SMILES string of the molecule is CN(C(=O)C1CCN(C(=O)c2ccc(F)cc2F)CC1)c1ccc(Br)cc1. The molecular weight excluding hydrogens is 418 g/mol. The molecule has 0 radical (unpaired) electrons. The summed E-state index contributed by atoms with van der Waals surface area (Å²) in [5.74, 6) is -2.25. The second-order valence-electron chi connectivity index (χ2n) is 6.56. The van der Waals surface area contributed by atoms with Gasteiger partial charge in [-0.1, -0.05) is 15.9 Å². The molecule has 0 saturated carbocycles. The van der Waals surface area contributed by atoms with Gasteiger partial charge in [-0.2, -0.15) is 0 Å². The third kappa shape index (κ3) is 4.35. The van der Waals surface area contributed by atoms with E-state index < -0.39 is 17.5 Å². The zero-order chi connectivity index (χ0) is 19.6. The van der Waals surface area contributed by atoms with E-state index in [2.05, 4.69) is 15.9 Å². The number of hydrogen-bond acceptors (Lipinski definition) is 2. The predicted molar refractivity (Wildman–Crippen MR) is 103 cm³/mol. The van der Waals surface area contributed by atoms with Crippen LogP contribution in [0.2, 0.25) is 0 Å². The van der Waals surface area contributed by atoms with Crippen LogP contribution in [0.5, 0.6) is 0 Å². The summed E-state index contributed by atoms with van der Waals surface area (Å²) in [5.41, 5.74) is 0.656.